The molecule has 3 aromatic rings. The van der Waals surface area contributed by atoms with Crippen LogP contribution < -0.4 is 4.74 Å². The smallest absolute Gasteiger partial charge is 0.172 e. The van der Waals surface area contributed by atoms with E-state index in [2.05, 4.69) is 21.1 Å². The van der Waals surface area contributed by atoms with Crippen LogP contribution in [0, 0.1) is 18.2 Å². The lowest BCUT2D eigenvalue weighted by atomic mass is 9.78. The Morgan fingerprint density at radius 1 is 1.22 bits per heavy atom. The first-order valence-electron chi connectivity index (χ1n) is 11.9. The summed E-state index contributed by atoms with van der Waals surface area (Å²) >= 11 is 0. The highest BCUT2D eigenvalue weighted by Gasteiger charge is 2.51. The van der Waals surface area contributed by atoms with Crippen molar-refractivity contribution in [1.29, 1.82) is 0 Å². The number of imidazole rings is 1. The minimum atomic E-state index is -0.792. The molecule has 2 fully saturated rings. The third kappa shape index (κ3) is 4.11. The molecule has 186 valence electrons. The first-order chi connectivity index (χ1) is 17.4. The van der Waals surface area contributed by atoms with Gasteiger partial charge in [0.2, 0.25) is 0 Å². The molecule has 0 amide bonds. The molecule has 0 aliphatic carbocycles. The van der Waals surface area contributed by atoms with E-state index in [1.54, 1.807) is 25.6 Å². The molecule has 0 bridgehead atoms. The fraction of sp³-hybridized carbons (Fsp3) is 0.333. The molecule has 1 atom stereocenters. The fourth-order valence-electron chi connectivity index (χ4n) is 5.45. The highest BCUT2D eigenvalue weighted by atomic mass is 32.2. The topological polar surface area (TPSA) is 69.0 Å². The number of fused-ring (bicyclic) bond motifs is 1. The van der Waals surface area contributed by atoms with E-state index in [0.717, 1.165) is 52.6 Å². The zero-order valence-corrected chi connectivity index (χ0v) is 21.0. The maximum atomic E-state index is 13.6. The molecular weight excluding hydrogens is 479 g/mol. The van der Waals surface area contributed by atoms with Gasteiger partial charge in [-0.15, -0.1) is 0 Å². The number of benzene rings is 2. The number of hydrogen-bond donors (Lipinski definition) is 0. The zero-order valence-electron chi connectivity index (χ0n) is 20.2. The largest absolute Gasteiger partial charge is 0.495 e. The predicted octanol–water partition coefficient (Wildman–Crippen LogP) is 4.25. The van der Waals surface area contributed by atoms with E-state index < -0.39 is 10.8 Å². The van der Waals surface area contributed by atoms with Crippen molar-refractivity contribution in [1.82, 2.24) is 14.5 Å². The summed E-state index contributed by atoms with van der Waals surface area (Å²) in [6.07, 6.45) is 6.63. The number of methoxy groups -OCH3 is 1. The predicted molar refractivity (Wildman–Crippen MR) is 137 cm³/mol. The van der Waals surface area contributed by atoms with Crippen LogP contribution in [0.1, 0.15) is 29.3 Å². The Morgan fingerprint density at radius 2 is 2.03 bits per heavy atom. The Morgan fingerprint density at radius 3 is 2.72 bits per heavy atom. The molecule has 3 aliphatic heterocycles. The Kier molecular flexibility index (Phi) is 5.67. The molecule has 0 N–H and O–H groups in total. The third-order valence-electron chi connectivity index (χ3n) is 7.11. The Balaban J connectivity index is 1.38. The van der Waals surface area contributed by atoms with Gasteiger partial charge in [-0.25, -0.2) is 9.37 Å². The molecule has 6 rings (SSSR count). The van der Waals surface area contributed by atoms with E-state index >= 15 is 0 Å². The van der Waals surface area contributed by atoms with Gasteiger partial charge in [-0.3, -0.25) is 4.21 Å². The van der Waals surface area contributed by atoms with Crippen molar-refractivity contribution in [3.8, 4) is 11.4 Å². The average molecular weight is 507 g/mol. The standard InChI is InChI=1S/C27H27FN4O3S/c1-18-12-31(17-29-18)23-8-3-19(10-25(23)34-2)9-21-11-27(15-36(33)16-27)14-32-24(13-35-30-26(21)32)20-4-6-22(28)7-5-20/h3-10,12,17,24H,11,13-16H2,1-2H3. The van der Waals surface area contributed by atoms with Gasteiger partial charge in [-0.1, -0.05) is 23.4 Å². The van der Waals surface area contributed by atoms with Gasteiger partial charge in [-0.05, 0) is 60.4 Å². The van der Waals surface area contributed by atoms with E-state index in [1.807, 2.05) is 35.9 Å². The van der Waals surface area contributed by atoms with E-state index in [1.165, 1.54) is 12.1 Å². The molecule has 4 heterocycles. The molecule has 1 unspecified atom stereocenters. The second kappa shape index (κ2) is 8.89. The monoisotopic (exact) mass is 506 g/mol. The van der Waals surface area contributed by atoms with Crippen LogP contribution in [0.2, 0.25) is 0 Å². The van der Waals surface area contributed by atoms with Crippen molar-refractivity contribution in [3.63, 3.8) is 0 Å². The van der Waals surface area contributed by atoms with E-state index in [-0.39, 0.29) is 17.3 Å². The molecule has 7 nitrogen and oxygen atoms in total. The Labute approximate surface area is 211 Å². The van der Waals surface area contributed by atoms with Gasteiger partial charge < -0.3 is 19.0 Å². The summed E-state index contributed by atoms with van der Waals surface area (Å²) in [7, 11) is 0.868. The third-order valence-corrected chi connectivity index (χ3v) is 8.98. The number of ether oxygens (including phenoxy) is 1. The number of rotatable bonds is 4. The van der Waals surface area contributed by atoms with Crippen LogP contribution in [0.25, 0.3) is 11.8 Å². The van der Waals surface area contributed by atoms with Crippen molar-refractivity contribution in [2.75, 3.05) is 31.8 Å². The molecular formula is C27H27FN4O3S. The van der Waals surface area contributed by atoms with Crippen molar-refractivity contribution in [2.45, 2.75) is 19.4 Å². The first kappa shape index (κ1) is 23.0. The van der Waals surface area contributed by atoms with Gasteiger partial charge >= 0.3 is 0 Å². The van der Waals surface area contributed by atoms with Crippen LogP contribution in [0.3, 0.4) is 0 Å². The van der Waals surface area contributed by atoms with Crippen LogP contribution in [-0.2, 0) is 15.6 Å². The Hall–Kier alpha value is -3.46. The summed E-state index contributed by atoms with van der Waals surface area (Å²) in [6.45, 7) is 3.09. The SMILES string of the molecule is COc1cc(C=C2CC3(CN4C2=NOCC4c2ccc(F)cc2)CS(=O)C3)ccc1-n1cnc(C)c1. The maximum Gasteiger partial charge on any atom is 0.172 e. The van der Waals surface area contributed by atoms with Crippen LogP contribution in [0.4, 0.5) is 4.39 Å². The molecule has 2 saturated heterocycles. The summed E-state index contributed by atoms with van der Waals surface area (Å²) in [6, 6.07) is 12.5. The maximum absolute atomic E-state index is 13.6. The van der Waals surface area contributed by atoms with Crippen molar-refractivity contribution in [3.05, 3.63) is 83.2 Å². The second-order valence-corrected chi connectivity index (χ2v) is 11.3. The number of nitrogens with zero attached hydrogens (tertiary/aromatic N) is 4. The number of hydrogen-bond acceptors (Lipinski definition) is 6. The number of oxime groups is 1. The fourth-order valence-corrected chi connectivity index (χ4v) is 7.12. The van der Waals surface area contributed by atoms with Crippen LogP contribution in [0.15, 0.2) is 65.7 Å². The number of aryl methyl sites for hydroxylation is 1. The minimum Gasteiger partial charge on any atom is -0.495 e. The van der Waals surface area contributed by atoms with Crippen LogP contribution in [0.5, 0.6) is 5.75 Å². The quantitative estimate of drug-likeness (QED) is 0.529. The molecule has 36 heavy (non-hydrogen) atoms. The highest BCUT2D eigenvalue weighted by Crippen LogP contribution is 2.46. The molecule has 0 saturated carbocycles. The van der Waals surface area contributed by atoms with E-state index in [0.29, 0.717) is 18.1 Å². The summed E-state index contributed by atoms with van der Waals surface area (Å²) in [5.74, 6) is 2.60. The minimum absolute atomic E-state index is 0.0658. The lowest BCUT2D eigenvalue weighted by molar-refractivity contribution is 0.0398. The zero-order chi connectivity index (χ0) is 24.9. The number of aromatic nitrogens is 2. The number of amidine groups is 1. The van der Waals surface area contributed by atoms with Crippen molar-refractivity contribution >= 4 is 22.7 Å². The summed E-state index contributed by atoms with van der Waals surface area (Å²) in [5.41, 5.74) is 4.77. The average Bonchev–Trinajstić information content (AvgIpc) is 3.29. The lowest BCUT2D eigenvalue weighted by Gasteiger charge is -2.52. The number of halogens is 1. The van der Waals surface area contributed by atoms with Crippen LogP contribution in [-0.4, -0.2) is 56.3 Å². The first-order valence-corrected chi connectivity index (χ1v) is 13.4. The van der Waals surface area contributed by atoms with E-state index in [4.69, 9.17) is 9.57 Å². The molecule has 1 spiro atoms. The highest BCUT2D eigenvalue weighted by molar-refractivity contribution is 7.86. The summed E-state index contributed by atoms with van der Waals surface area (Å²) in [4.78, 5) is 12.3. The van der Waals surface area contributed by atoms with Gasteiger partial charge in [0.05, 0.1) is 30.9 Å². The van der Waals surface area contributed by atoms with Gasteiger partial charge in [0, 0.05) is 40.5 Å². The second-order valence-electron chi connectivity index (χ2n) is 9.83. The van der Waals surface area contributed by atoms with Crippen LogP contribution >= 0.6 is 0 Å². The molecule has 1 aromatic heterocycles. The van der Waals surface area contributed by atoms with Crippen molar-refractivity contribution < 1.29 is 18.2 Å². The van der Waals surface area contributed by atoms with Gasteiger partial charge in [-0.2, -0.15) is 0 Å². The van der Waals surface area contributed by atoms with Gasteiger partial charge in [0.25, 0.3) is 0 Å². The molecule has 0 radical (unpaired) electrons. The van der Waals surface area contributed by atoms with Gasteiger partial charge in [0.1, 0.15) is 18.2 Å². The Bertz CT molecular complexity index is 1390. The molecule has 2 aromatic carbocycles. The van der Waals surface area contributed by atoms with E-state index in [9.17, 15) is 8.60 Å². The van der Waals surface area contributed by atoms with Crippen molar-refractivity contribution in [2.24, 2.45) is 10.6 Å². The van der Waals surface area contributed by atoms with Gasteiger partial charge in [0.15, 0.2) is 5.84 Å². The summed E-state index contributed by atoms with van der Waals surface area (Å²) in [5, 5.41) is 4.46. The normalized spacial score (nSPS) is 26.2. The molecule has 9 heteroatoms. The number of piperidine rings is 1. The lowest BCUT2D eigenvalue weighted by Crippen LogP contribution is -2.59. The molecule has 3 aliphatic rings. The summed E-state index contributed by atoms with van der Waals surface area (Å²) < 4.78 is 33.4.